The molecule has 3 amide bonds. The molecule has 7 heteroatoms. The fourth-order valence-corrected chi connectivity index (χ4v) is 2.71. The van der Waals surface area contributed by atoms with Crippen LogP contribution >= 0.6 is 0 Å². The van der Waals surface area contributed by atoms with Gasteiger partial charge in [-0.2, -0.15) is 0 Å². The number of carbonyl (C=O) groups is 2. The van der Waals surface area contributed by atoms with Gasteiger partial charge in [-0.1, -0.05) is 36.4 Å². The lowest BCUT2D eigenvalue weighted by molar-refractivity contribution is -0.123. The molecule has 3 aromatic rings. The number of carbonyl (C=O) groups excluding carboxylic acids is 2. The standard InChI is InChI=1S/C23H22FN3O3/c24-18-11-13-20(14-12-18)27(23(29)26-19-7-3-1-4-8-19)16-15-25-22(28)17-30-21-9-5-2-6-10-21/h1-14H,15-17H2,(H,25,28)(H,26,29). The molecular weight excluding hydrogens is 385 g/mol. The number of rotatable bonds is 8. The van der Waals surface area contributed by atoms with Crippen LogP contribution in [0.5, 0.6) is 5.75 Å². The summed E-state index contributed by atoms with van der Waals surface area (Å²) < 4.78 is 18.7. The van der Waals surface area contributed by atoms with Gasteiger partial charge in [0.1, 0.15) is 11.6 Å². The van der Waals surface area contributed by atoms with Gasteiger partial charge in [-0.05, 0) is 48.5 Å². The molecule has 0 spiro atoms. The normalized spacial score (nSPS) is 10.2. The fraction of sp³-hybridized carbons (Fsp3) is 0.130. The summed E-state index contributed by atoms with van der Waals surface area (Å²) in [6, 6.07) is 23.2. The van der Waals surface area contributed by atoms with Crippen molar-refractivity contribution in [3.8, 4) is 5.75 Å². The molecule has 0 aliphatic rings. The number of amides is 3. The molecule has 0 radical (unpaired) electrons. The van der Waals surface area contributed by atoms with Gasteiger partial charge in [0, 0.05) is 24.5 Å². The summed E-state index contributed by atoms with van der Waals surface area (Å²) in [5.41, 5.74) is 1.15. The number of ether oxygens (including phenoxy) is 1. The highest BCUT2D eigenvalue weighted by molar-refractivity contribution is 6.01. The summed E-state index contributed by atoms with van der Waals surface area (Å²) in [4.78, 5) is 26.2. The molecule has 0 saturated heterocycles. The van der Waals surface area contributed by atoms with E-state index in [-0.39, 0.29) is 31.6 Å². The molecule has 0 aliphatic heterocycles. The number of nitrogens with one attached hydrogen (secondary N) is 2. The predicted molar refractivity (Wildman–Crippen MR) is 114 cm³/mol. The molecule has 0 aliphatic carbocycles. The van der Waals surface area contributed by atoms with Crippen LogP contribution in [-0.4, -0.2) is 31.6 Å². The Morgan fingerprint density at radius 2 is 1.50 bits per heavy atom. The van der Waals surface area contributed by atoms with Crippen molar-refractivity contribution in [3.63, 3.8) is 0 Å². The third kappa shape index (κ3) is 6.34. The van der Waals surface area contributed by atoms with E-state index in [0.29, 0.717) is 17.1 Å². The Balaban J connectivity index is 1.57. The SMILES string of the molecule is O=C(COc1ccccc1)NCCN(C(=O)Nc1ccccc1)c1ccc(F)cc1. The molecule has 3 rings (SSSR count). The Morgan fingerprint density at radius 3 is 2.17 bits per heavy atom. The Morgan fingerprint density at radius 1 is 0.867 bits per heavy atom. The van der Waals surface area contributed by atoms with Gasteiger partial charge in [0.25, 0.3) is 5.91 Å². The maximum atomic E-state index is 13.3. The van der Waals surface area contributed by atoms with Gasteiger partial charge in [-0.15, -0.1) is 0 Å². The largest absolute Gasteiger partial charge is 0.484 e. The fourth-order valence-electron chi connectivity index (χ4n) is 2.71. The quantitative estimate of drug-likeness (QED) is 0.592. The molecule has 0 heterocycles. The molecule has 0 aromatic heterocycles. The van der Waals surface area contributed by atoms with Crippen LogP contribution in [0.1, 0.15) is 0 Å². The van der Waals surface area contributed by atoms with Crippen molar-refractivity contribution in [2.75, 3.05) is 29.9 Å². The lowest BCUT2D eigenvalue weighted by Crippen LogP contribution is -2.42. The van der Waals surface area contributed by atoms with Crippen molar-refractivity contribution < 1.29 is 18.7 Å². The maximum Gasteiger partial charge on any atom is 0.326 e. The average molecular weight is 407 g/mol. The Kier molecular flexibility index (Phi) is 7.38. The molecule has 0 fully saturated rings. The second kappa shape index (κ2) is 10.6. The summed E-state index contributed by atoms with van der Waals surface area (Å²) in [5, 5.41) is 5.52. The number of hydrogen-bond acceptors (Lipinski definition) is 3. The number of halogens is 1. The average Bonchev–Trinajstić information content (AvgIpc) is 2.77. The van der Waals surface area contributed by atoms with Gasteiger partial charge >= 0.3 is 6.03 Å². The van der Waals surface area contributed by atoms with Crippen molar-refractivity contribution >= 4 is 23.3 Å². The number of benzene rings is 3. The minimum atomic E-state index is -0.395. The summed E-state index contributed by atoms with van der Waals surface area (Å²) >= 11 is 0. The van der Waals surface area contributed by atoms with Gasteiger partial charge in [-0.25, -0.2) is 9.18 Å². The van der Waals surface area contributed by atoms with E-state index in [1.54, 1.807) is 24.3 Å². The van der Waals surface area contributed by atoms with Gasteiger partial charge < -0.3 is 15.4 Å². The number of hydrogen-bond donors (Lipinski definition) is 2. The van der Waals surface area contributed by atoms with Crippen LogP contribution in [0.25, 0.3) is 0 Å². The van der Waals surface area contributed by atoms with E-state index in [4.69, 9.17) is 4.74 Å². The Hall–Kier alpha value is -3.87. The summed E-state index contributed by atoms with van der Waals surface area (Å²) in [6.07, 6.45) is 0. The molecule has 3 aromatic carbocycles. The van der Waals surface area contributed by atoms with Crippen LogP contribution in [0.4, 0.5) is 20.6 Å². The van der Waals surface area contributed by atoms with Crippen molar-refractivity contribution in [2.45, 2.75) is 0 Å². The highest BCUT2D eigenvalue weighted by atomic mass is 19.1. The van der Waals surface area contributed by atoms with Crippen LogP contribution in [0.2, 0.25) is 0 Å². The van der Waals surface area contributed by atoms with Gasteiger partial charge in [-0.3, -0.25) is 9.69 Å². The molecule has 0 unspecified atom stereocenters. The van der Waals surface area contributed by atoms with E-state index < -0.39 is 5.82 Å². The molecule has 0 bridgehead atoms. The highest BCUT2D eigenvalue weighted by Gasteiger charge is 2.16. The minimum absolute atomic E-state index is 0.128. The van der Waals surface area contributed by atoms with E-state index in [9.17, 15) is 14.0 Å². The Bertz CT molecular complexity index is 950. The highest BCUT2D eigenvalue weighted by Crippen LogP contribution is 2.17. The monoisotopic (exact) mass is 407 g/mol. The van der Waals surface area contributed by atoms with Crippen molar-refractivity contribution in [2.24, 2.45) is 0 Å². The van der Waals surface area contributed by atoms with E-state index in [1.807, 2.05) is 36.4 Å². The van der Waals surface area contributed by atoms with Crippen LogP contribution in [0.15, 0.2) is 84.9 Å². The Labute approximate surface area is 174 Å². The lowest BCUT2D eigenvalue weighted by Gasteiger charge is -2.23. The third-order valence-electron chi connectivity index (χ3n) is 4.18. The summed E-state index contributed by atoms with van der Waals surface area (Å²) in [7, 11) is 0. The number of urea groups is 1. The first-order valence-electron chi connectivity index (χ1n) is 9.45. The molecule has 2 N–H and O–H groups in total. The van der Waals surface area contributed by atoms with E-state index in [0.717, 1.165) is 0 Å². The van der Waals surface area contributed by atoms with E-state index >= 15 is 0 Å². The van der Waals surface area contributed by atoms with Crippen LogP contribution < -0.4 is 20.3 Å². The lowest BCUT2D eigenvalue weighted by atomic mass is 10.2. The minimum Gasteiger partial charge on any atom is -0.484 e. The van der Waals surface area contributed by atoms with Gasteiger partial charge in [0.05, 0.1) is 0 Å². The van der Waals surface area contributed by atoms with Crippen molar-refractivity contribution in [1.82, 2.24) is 5.32 Å². The summed E-state index contributed by atoms with van der Waals surface area (Å²) in [5.74, 6) is -0.0993. The first kappa shape index (κ1) is 20.9. The van der Waals surface area contributed by atoms with Crippen LogP contribution in [-0.2, 0) is 4.79 Å². The third-order valence-corrected chi connectivity index (χ3v) is 4.18. The van der Waals surface area contributed by atoms with Gasteiger partial charge in [0.15, 0.2) is 6.61 Å². The second-order valence-corrected chi connectivity index (χ2v) is 6.38. The molecule has 0 atom stereocenters. The first-order chi connectivity index (χ1) is 14.6. The van der Waals surface area contributed by atoms with Crippen LogP contribution in [0.3, 0.4) is 0 Å². The molecule has 30 heavy (non-hydrogen) atoms. The zero-order valence-electron chi connectivity index (χ0n) is 16.3. The molecule has 6 nitrogen and oxygen atoms in total. The van der Waals surface area contributed by atoms with Crippen LogP contribution in [0, 0.1) is 5.82 Å². The smallest absolute Gasteiger partial charge is 0.326 e. The molecule has 0 saturated carbocycles. The first-order valence-corrected chi connectivity index (χ1v) is 9.45. The number of anilines is 2. The molecule has 154 valence electrons. The summed E-state index contributed by atoms with van der Waals surface area (Å²) in [6.45, 7) is 0.273. The van der Waals surface area contributed by atoms with E-state index in [2.05, 4.69) is 10.6 Å². The zero-order valence-corrected chi connectivity index (χ0v) is 16.3. The predicted octanol–water partition coefficient (Wildman–Crippen LogP) is 4.06. The topological polar surface area (TPSA) is 70.7 Å². The molecular formula is C23H22FN3O3. The van der Waals surface area contributed by atoms with Crippen molar-refractivity contribution in [3.05, 3.63) is 90.7 Å². The number of nitrogens with zero attached hydrogens (tertiary/aromatic N) is 1. The van der Waals surface area contributed by atoms with E-state index in [1.165, 1.54) is 29.2 Å². The van der Waals surface area contributed by atoms with Gasteiger partial charge in [0.2, 0.25) is 0 Å². The van der Waals surface area contributed by atoms with Crippen molar-refractivity contribution in [1.29, 1.82) is 0 Å². The maximum absolute atomic E-state index is 13.3. The zero-order chi connectivity index (χ0) is 21.2. The second-order valence-electron chi connectivity index (χ2n) is 6.38. The number of para-hydroxylation sites is 2.